The molecule has 2 heterocycles. The SMILES string of the molecule is O=CC1Oc2ccccc2C2N=COC12. The van der Waals surface area contributed by atoms with Gasteiger partial charge in [-0.15, -0.1) is 0 Å². The van der Waals surface area contributed by atoms with Crippen molar-refractivity contribution in [2.75, 3.05) is 0 Å². The minimum absolute atomic E-state index is 0.106. The van der Waals surface area contributed by atoms with Crippen LogP contribution in [-0.4, -0.2) is 24.9 Å². The van der Waals surface area contributed by atoms with Crippen LogP contribution in [0.5, 0.6) is 5.75 Å². The van der Waals surface area contributed by atoms with E-state index < -0.39 is 6.10 Å². The van der Waals surface area contributed by atoms with Crippen LogP contribution in [0, 0.1) is 0 Å². The molecule has 4 nitrogen and oxygen atoms in total. The Morgan fingerprint density at radius 1 is 1.33 bits per heavy atom. The third-order valence-electron chi connectivity index (χ3n) is 2.71. The van der Waals surface area contributed by atoms with E-state index in [1.165, 1.54) is 6.40 Å². The van der Waals surface area contributed by atoms with Gasteiger partial charge in [0.05, 0.1) is 0 Å². The number of carbonyl (C=O) groups excluding carboxylic acids is 1. The molecule has 1 aromatic rings. The van der Waals surface area contributed by atoms with Crippen LogP contribution in [0.25, 0.3) is 0 Å². The van der Waals surface area contributed by atoms with Gasteiger partial charge in [-0.2, -0.15) is 0 Å². The molecule has 0 bridgehead atoms. The molecule has 3 rings (SSSR count). The first-order chi connectivity index (χ1) is 7.40. The lowest BCUT2D eigenvalue weighted by molar-refractivity contribution is -0.118. The number of carbonyl (C=O) groups is 1. The molecule has 0 amide bonds. The lowest BCUT2D eigenvalue weighted by Gasteiger charge is -2.30. The zero-order valence-electron chi connectivity index (χ0n) is 7.87. The fraction of sp³-hybridized carbons (Fsp3) is 0.273. The molecule has 0 aliphatic carbocycles. The van der Waals surface area contributed by atoms with Gasteiger partial charge in [0.25, 0.3) is 0 Å². The highest BCUT2D eigenvalue weighted by atomic mass is 16.6. The van der Waals surface area contributed by atoms with E-state index in [0.29, 0.717) is 0 Å². The first-order valence-electron chi connectivity index (χ1n) is 4.78. The number of benzene rings is 1. The number of fused-ring (bicyclic) bond motifs is 3. The van der Waals surface area contributed by atoms with Crippen molar-refractivity contribution in [3.63, 3.8) is 0 Å². The highest BCUT2D eigenvalue weighted by molar-refractivity contribution is 5.64. The largest absolute Gasteiger partial charge is 0.479 e. The van der Waals surface area contributed by atoms with Crippen LogP contribution in [0.1, 0.15) is 11.6 Å². The van der Waals surface area contributed by atoms with Crippen molar-refractivity contribution in [3.8, 4) is 5.75 Å². The molecule has 15 heavy (non-hydrogen) atoms. The summed E-state index contributed by atoms with van der Waals surface area (Å²) in [5.41, 5.74) is 0.981. The fourth-order valence-corrected chi connectivity index (χ4v) is 2.00. The van der Waals surface area contributed by atoms with Crippen molar-refractivity contribution in [3.05, 3.63) is 29.8 Å². The van der Waals surface area contributed by atoms with Crippen LogP contribution in [0.2, 0.25) is 0 Å². The number of nitrogens with zero attached hydrogens (tertiary/aromatic N) is 1. The highest BCUT2D eigenvalue weighted by Gasteiger charge is 2.41. The summed E-state index contributed by atoms with van der Waals surface area (Å²) in [6.07, 6.45) is 1.30. The number of para-hydroxylation sites is 1. The summed E-state index contributed by atoms with van der Waals surface area (Å²) in [6, 6.07) is 7.48. The number of hydrogen-bond acceptors (Lipinski definition) is 4. The summed E-state index contributed by atoms with van der Waals surface area (Å²) in [4.78, 5) is 15.1. The normalized spacial score (nSPS) is 31.1. The number of rotatable bonds is 1. The van der Waals surface area contributed by atoms with Crippen molar-refractivity contribution in [2.24, 2.45) is 4.99 Å². The molecular formula is C11H9NO3. The molecule has 4 heteroatoms. The first-order valence-corrected chi connectivity index (χ1v) is 4.78. The maximum atomic E-state index is 10.9. The van der Waals surface area contributed by atoms with E-state index in [0.717, 1.165) is 17.6 Å². The molecule has 2 aliphatic heterocycles. The van der Waals surface area contributed by atoms with Crippen LogP contribution in [0.4, 0.5) is 0 Å². The average molecular weight is 203 g/mol. The minimum atomic E-state index is -0.563. The molecule has 2 aliphatic rings. The Balaban J connectivity index is 2.09. The van der Waals surface area contributed by atoms with E-state index in [4.69, 9.17) is 9.47 Å². The van der Waals surface area contributed by atoms with Gasteiger partial charge >= 0.3 is 0 Å². The molecule has 0 fully saturated rings. The van der Waals surface area contributed by atoms with Crippen molar-refractivity contribution in [1.82, 2.24) is 0 Å². The zero-order chi connectivity index (χ0) is 10.3. The topological polar surface area (TPSA) is 47.9 Å². The molecule has 0 spiro atoms. The van der Waals surface area contributed by atoms with Crippen molar-refractivity contribution < 1.29 is 14.3 Å². The van der Waals surface area contributed by atoms with Crippen LogP contribution >= 0.6 is 0 Å². The van der Waals surface area contributed by atoms with E-state index in [1.807, 2.05) is 24.3 Å². The average Bonchev–Trinajstić information content (AvgIpc) is 2.77. The Morgan fingerprint density at radius 2 is 2.20 bits per heavy atom. The van der Waals surface area contributed by atoms with E-state index in [-0.39, 0.29) is 12.1 Å². The Bertz CT molecular complexity index is 430. The molecule has 0 saturated carbocycles. The van der Waals surface area contributed by atoms with Crippen LogP contribution in [0.3, 0.4) is 0 Å². The van der Waals surface area contributed by atoms with Crippen molar-refractivity contribution >= 4 is 12.7 Å². The third kappa shape index (κ3) is 1.14. The van der Waals surface area contributed by atoms with Gasteiger partial charge in [-0.05, 0) is 6.07 Å². The Kier molecular flexibility index (Phi) is 1.74. The van der Waals surface area contributed by atoms with Crippen molar-refractivity contribution in [2.45, 2.75) is 18.2 Å². The summed E-state index contributed by atoms with van der Waals surface area (Å²) >= 11 is 0. The van der Waals surface area contributed by atoms with Gasteiger partial charge in [-0.1, -0.05) is 18.2 Å². The molecular weight excluding hydrogens is 194 g/mol. The number of hydrogen-bond donors (Lipinski definition) is 0. The number of ether oxygens (including phenoxy) is 2. The summed E-state index contributed by atoms with van der Waals surface area (Å²) in [6.45, 7) is 0. The van der Waals surface area contributed by atoms with Gasteiger partial charge in [0.1, 0.15) is 11.8 Å². The van der Waals surface area contributed by atoms with E-state index >= 15 is 0 Å². The Morgan fingerprint density at radius 3 is 3.07 bits per heavy atom. The Labute approximate surface area is 86.5 Å². The van der Waals surface area contributed by atoms with Crippen LogP contribution < -0.4 is 4.74 Å². The molecule has 0 aromatic heterocycles. The minimum Gasteiger partial charge on any atom is -0.479 e. The highest BCUT2D eigenvalue weighted by Crippen LogP contribution is 2.39. The lowest BCUT2D eigenvalue weighted by atomic mass is 9.95. The van der Waals surface area contributed by atoms with Crippen molar-refractivity contribution in [1.29, 1.82) is 0 Å². The molecule has 0 radical (unpaired) electrons. The molecule has 3 atom stereocenters. The second-order valence-electron chi connectivity index (χ2n) is 3.56. The van der Waals surface area contributed by atoms with Crippen LogP contribution in [0.15, 0.2) is 29.3 Å². The van der Waals surface area contributed by atoms with Gasteiger partial charge in [0.15, 0.2) is 24.9 Å². The van der Waals surface area contributed by atoms with Gasteiger partial charge in [0.2, 0.25) is 0 Å². The summed E-state index contributed by atoms with van der Waals surface area (Å²) in [5, 5.41) is 0. The zero-order valence-corrected chi connectivity index (χ0v) is 7.87. The second-order valence-corrected chi connectivity index (χ2v) is 3.56. The maximum absolute atomic E-state index is 10.9. The predicted octanol–water partition coefficient (Wildman–Crippen LogP) is 1.11. The lowest BCUT2D eigenvalue weighted by Crippen LogP contribution is -2.40. The summed E-state index contributed by atoms with van der Waals surface area (Å²) in [5.74, 6) is 0.721. The summed E-state index contributed by atoms with van der Waals surface area (Å²) < 4.78 is 10.8. The molecule has 1 aromatic carbocycles. The fourth-order valence-electron chi connectivity index (χ4n) is 2.00. The maximum Gasteiger partial charge on any atom is 0.193 e. The van der Waals surface area contributed by atoms with Gasteiger partial charge in [0, 0.05) is 5.56 Å². The predicted molar refractivity (Wildman–Crippen MR) is 53.0 cm³/mol. The Hall–Kier alpha value is -1.84. The molecule has 0 saturated heterocycles. The molecule has 3 unspecified atom stereocenters. The number of aldehydes is 1. The van der Waals surface area contributed by atoms with E-state index in [2.05, 4.69) is 4.99 Å². The van der Waals surface area contributed by atoms with E-state index in [1.54, 1.807) is 0 Å². The van der Waals surface area contributed by atoms with E-state index in [9.17, 15) is 4.79 Å². The quantitative estimate of drug-likeness (QED) is 0.642. The monoisotopic (exact) mass is 203 g/mol. The standard InChI is InChI=1S/C11H9NO3/c13-5-9-11-10(12-6-14-11)7-3-1-2-4-8(7)15-9/h1-6,9-11H. The number of aliphatic imine (C=N–C) groups is 1. The molecule has 0 N–H and O–H groups in total. The van der Waals surface area contributed by atoms with Gasteiger partial charge in [-0.3, -0.25) is 4.79 Å². The molecule has 76 valence electrons. The third-order valence-corrected chi connectivity index (χ3v) is 2.71. The van der Waals surface area contributed by atoms with Gasteiger partial charge < -0.3 is 9.47 Å². The van der Waals surface area contributed by atoms with Gasteiger partial charge in [-0.25, -0.2) is 4.99 Å². The second kappa shape index (κ2) is 3.08. The van der Waals surface area contributed by atoms with Crippen LogP contribution in [-0.2, 0) is 9.53 Å². The first kappa shape index (κ1) is 8.47. The summed E-state index contributed by atoms with van der Waals surface area (Å²) in [7, 11) is 0. The smallest absolute Gasteiger partial charge is 0.193 e.